The Morgan fingerprint density at radius 3 is 2.65 bits per heavy atom. The maximum Gasteiger partial charge on any atom is 0.0650 e. The molecule has 2 aromatic heterocycles. The fourth-order valence-electron chi connectivity index (χ4n) is 2.18. The Labute approximate surface area is 118 Å². The third-order valence-electron chi connectivity index (χ3n) is 3.37. The number of anilines is 1. The quantitative estimate of drug-likeness (QED) is 0.742. The van der Waals surface area contributed by atoms with E-state index in [0.29, 0.717) is 0 Å². The monoisotopic (exact) mass is 266 g/mol. The predicted octanol–water partition coefficient (Wildman–Crippen LogP) is 3.51. The molecule has 3 rings (SSSR count). The van der Waals surface area contributed by atoms with Crippen LogP contribution in [0.5, 0.6) is 0 Å². The van der Waals surface area contributed by atoms with E-state index >= 15 is 0 Å². The third-order valence-corrected chi connectivity index (χ3v) is 3.37. The van der Waals surface area contributed by atoms with Gasteiger partial charge in [-0.05, 0) is 42.3 Å². The summed E-state index contributed by atoms with van der Waals surface area (Å²) in [7, 11) is 0. The largest absolute Gasteiger partial charge is 0.381 e. The summed E-state index contributed by atoms with van der Waals surface area (Å²) in [6.45, 7) is 4.00. The number of hydrogen-bond acceptors (Lipinski definition) is 2. The molecule has 3 aromatic rings. The Hall–Kier alpha value is -2.49. The van der Waals surface area contributed by atoms with Crippen molar-refractivity contribution >= 4 is 5.69 Å². The van der Waals surface area contributed by atoms with Crippen LogP contribution in [-0.4, -0.2) is 14.8 Å². The van der Waals surface area contributed by atoms with Crippen molar-refractivity contribution in [1.29, 1.82) is 0 Å². The minimum Gasteiger partial charge on any atom is -0.381 e. The molecule has 0 unspecified atom stereocenters. The van der Waals surface area contributed by atoms with Crippen molar-refractivity contribution in [1.82, 2.24) is 14.8 Å². The van der Waals surface area contributed by atoms with Crippen LogP contribution in [0.1, 0.15) is 12.5 Å². The number of aryl methyl sites for hydroxylation is 1. The van der Waals surface area contributed by atoms with E-state index in [0.717, 1.165) is 30.0 Å². The first-order chi connectivity index (χ1) is 9.85. The highest BCUT2D eigenvalue weighted by atomic mass is 15.1. The lowest BCUT2D eigenvalue weighted by molar-refractivity contribution is 0.766. The molecule has 0 aliphatic heterocycles. The number of nitrogens with zero attached hydrogens (tertiary/aromatic N) is 2. The summed E-state index contributed by atoms with van der Waals surface area (Å²) in [6.07, 6.45) is 6.05. The highest BCUT2D eigenvalue weighted by Gasteiger charge is 2.00. The summed E-state index contributed by atoms with van der Waals surface area (Å²) in [5.41, 5.74) is 4.60. The molecule has 2 N–H and O–H groups in total. The Morgan fingerprint density at radius 2 is 2.00 bits per heavy atom. The highest BCUT2D eigenvalue weighted by molar-refractivity contribution is 5.62. The van der Waals surface area contributed by atoms with Gasteiger partial charge in [-0.2, -0.15) is 5.10 Å². The van der Waals surface area contributed by atoms with Gasteiger partial charge in [0.25, 0.3) is 0 Å². The van der Waals surface area contributed by atoms with Gasteiger partial charge < -0.3 is 9.88 Å². The lowest BCUT2D eigenvalue weighted by Crippen LogP contribution is -1.98. The zero-order valence-corrected chi connectivity index (χ0v) is 11.5. The van der Waals surface area contributed by atoms with Gasteiger partial charge in [0, 0.05) is 37.4 Å². The average molecular weight is 266 g/mol. The lowest BCUT2D eigenvalue weighted by atomic mass is 10.1. The third kappa shape index (κ3) is 2.74. The van der Waals surface area contributed by atoms with E-state index in [1.54, 1.807) is 6.20 Å². The summed E-state index contributed by atoms with van der Waals surface area (Å²) in [6, 6.07) is 12.5. The first kappa shape index (κ1) is 12.5. The first-order valence-electron chi connectivity index (χ1n) is 6.83. The minimum atomic E-state index is 0.844. The van der Waals surface area contributed by atoms with E-state index in [4.69, 9.17) is 0 Å². The molecule has 102 valence electrons. The SMILES string of the molecule is CCn1ccc(CNc2ccc(-c3ccn[nH]3)cc2)c1. The molecule has 0 aliphatic rings. The van der Waals surface area contributed by atoms with Gasteiger partial charge in [-0.3, -0.25) is 5.10 Å². The summed E-state index contributed by atoms with van der Waals surface area (Å²) in [5.74, 6) is 0. The second-order valence-electron chi connectivity index (χ2n) is 4.75. The van der Waals surface area contributed by atoms with Gasteiger partial charge in [-0.1, -0.05) is 12.1 Å². The second-order valence-corrected chi connectivity index (χ2v) is 4.75. The number of aromatic nitrogens is 3. The Morgan fingerprint density at radius 1 is 1.15 bits per heavy atom. The molecular formula is C16H18N4. The number of nitrogens with one attached hydrogen (secondary N) is 2. The minimum absolute atomic E-state index is 0.844. The van der Waals surface area contributed by atoms with Gasteiger partial charge in [-0.25, -0.2) is 0 Å². The standard InChI is InChI=1S/C16H18N4/c1-2-20-10-8-13(12-20)11-17-15-5-3-14(4-6-15)16-7-9-18-19-16/h3-10,12,17H,2,11H2,1H3,(H,18,19). The van der Waals surface area contributed by atoms with Crippen molar-refractivity contribution in [2.24, 2.45) is 0 Å². The number of benzene rings is 1. The van der Waals surface area contributed by atoms with E-state index < -0.39 is 0 Å². The van der Waals surface area contributed by atoms with E-state index in [1.165, 1.54) is 5.56 Å². The topological polar surface area (TPSA) is 45.6 Å². The van der Waals surface area contributed by atoms with Crippen LogP contribution in [0.15, 0.2) is 55.0 Å². The Kier molecular flexibility index (Phi) is 3.54. The second kappa shape index (κ2) is 5.65. The van der Waals surface area contributed by atoms with Crippen LogP contribution >= 0.6 is 0 Å². The highest BCUT2D eigenvalue weighted by Crippen LogP contribution is 2.19. The van der Waals surface area contributed by atoms with Crippen LogP contribution in [0.2, 0.25) is 0 Å². The summed E-state index contributed by atoms with van der Waals surface area (Å²) >= 11 is 0. The molecule has 0 radical (unpaired) electrons. The molecular weight excluding hydrogens is 248 g/mol. The van der Waals surface area contributed by atoms with Gasteiger partial charge in [0.05, 0.1) is 5.69 Å². The lowest BCUT2D eigenvalue weighted by Gasteiger charge is -2.06. The van der Waals surface area contributed by atoms with Gasteiger partial charge in [0.15, 0.2) is 0 Å². The van der Waals surface area contributed by atoms with Crippen LogP contribution in [-0.2, 0) is 13.1 Å². The summed E-state index contributed by atoms with van der Waals surface area (Å²) in [5, 5.41) is 10.4. The molecule has 0 atom stereocenters. The molecule has 0 saturated heterocycles. The molecule has 0 bridgehead atoms. The zero-order chi connectivity index (χ0) is 13.8. The molecule has 0 amide bonds. The average Bonchev–Trinajstić information content (AvgIpc) is 3.17. The van der Waals surface area contributed by atoms with Gasteiger partial charge in [0.1, 0.15) is 0 Å². The van der Waals surface area contributed by atoms with Crippen LogP contribution < -0.4 is 5.32 Å². The van der Waals surface area contributed by atoms with Crippen molar-refractivity contribution in [2.45, 2.75) is 20.0 Å². The number of hydrogen-bond donors (Lipinski definition) is 2. The van der Waals surface area contributed by atoms with Crippen molar-refractivity contribution in [3.05, 3.63) is 60.6 Å². The van der Waals surface area contributed by atoms with E-state index in [9.17, 15) is 0 Å². The Bertz CT molecular complexity index is 650. The fraction of sp³-hybridized carbons (Fsp3) is 0.188. The molecule has 0 saturated carbocycles. The molecule has 4 heteroatoms. The van der Waals surface area contributed by atoms with Crippen molar-refractivity contribution in [3.63, 3.8) is 0 Å². The normalized spacial score (nSPS) is 10.7. The van der Waals surface area contributed by atoms with E-state index in [-0.39, 0.29) is 0 Å². The van der Waals surface area contributed by atoms with E-state index in [2.05, 4.69) is 69.7 Å². The molecule has 0 aliphatic carbocycles. The van der Waals surface area contributed by atoms with Crippen LogP contribution in [0, 0.1) is 0 Å². The molecule has 4 nitrogen and oxygen atoms in total. The van der Waals surface area contributed by atoms with E-state index in [1.807, 2.05) is 6.07 Å². The van der Waals surface area contributed by atoms with Crippen molar-refractivity contribution in [2.75, 3.05) is 5.32 Å². The number of aromatic amines is 1. The van der Waals surface area contributed by atoms with Crippen LogP contribution in [0.25, 0.3) is 11.3 Å². The predicted molar refractivity (Wildman–Crippen MR) is 81.5 cm³/mol. The Balaban J connectivity index is 1.63. The molecule has 0 spiro atoms. The number of rotatable bonds is 5. The maximum atomic E-state index is 3.96. The molecule has 1 aromatic carbocycles. The number of H-pyrrole nitrogens is 1. The zero-order valence-electron chi connectivity index (χ0n) is 11.5. The molecule has 20 heavy (non-hydrogen) atoms. The smallest absolute Gasteiger partial charge is 0.0650 e. The summed E-state index contributed by atoms with van der Waals surface area (Å²) in [4.78, 5) is 0. The van der Waals surface area contributed by atoms with Gasteiger partial charge in [0.2, 0.25) is 0 Å². The fourth-order valence-corrected chi connectivity index (χ4v) is 2.18. The van der Waals surface area contributed by atoms with Crippen LogP contribution in [0.4, 0.5) is 5.69 Å². The van der Waals surface area contributed by atoms with Gasteiger partial charge in [-0.15, -0.1) is 0 Å². The first-order valence-corrected chi connectivity index (χ1v) is 6.83. The molecule has 0 fully saturated rings. The van der Waals surface area contributed by atoms with Crippen molar-refractivity contribution < 1.29 is 0 Å². The van der Waals surface area contributed by atoms with Crippen molar-refractivity contribution in [3.8, 4) is 11.3 Å². The van der Waals surface area contributed by atoms with Gasteiger partial charge >= 0.3 is 0 Å². The van der Waals surface area contributed by atoms with Crippen LogP contribution in [0.3, 0.4) is 0 Å². The summed E-state index contributed by atoms with van der Waals surface area (Å²) < 4.78 is 2.18. The maximum absolute atomic E-state index is 3.96. The molecule has 2 heterocycles.